The zero-order chi connectivity index (χ0) is 15.8. The molecule has 2 N–H and O–H groups in total. The molecule has 1 heterocycles. The van der Waals surface area contributed by atoms with Gasteiger partial charge >= 0.3 is 0 Å². The maximum atomic E-state index is 12.0. The van der Waals surface area contributed by atoms with E-state index in [1.807, 2.05) is 25.1 Å². The SMILES string of the molecule is CCOc1cc(CNC(=O)CC2COCCN2)ccc1OC.Cl. The molecule has 1 aromatic rings. The highest BCUT2D eigenvalue weighted by atomic mass is 35.5. The van der Waals surface area contributed by atoms with Crippen molar-refractivity contribution in [3.8, 4) is 11.5 Å². The summed E-state index contributed by atoms with van der Waals surface area (Å²) < 4.78 is 16.1. The molecule has 130 valence electrons. The van der Waals surface area contributed by atoms with Gasteiger partial charge < -0.3 is 24.8 Å². The molecule has 1 saturated heterocycles. The number of halogens is 1. The van der Waals surface area contributed by atoms with Crippen LogP contribution in [0.2, 0.25) is 0 Å². The summed E-state index contributed by atoms with van der Waals surface area (Å²) in [4.78, 5) is 12.0. The van der Waals surface area contributed by atoms with Crippen molar-refractivity contribution in [2.45, 2.75) is 25.9 Å². The number of carbonyl (C=O) groups is 1. The van der Waals surface area contributed by atoms with E-state index in [1.165, 1.54) is 0 Å². The lowest BCUT2D eigenvalue weighted by atomic mass is 10.1. The smallest absolute Gasteiger partial charge is 0.221 e. The monoisotopic (exact) mass is 344 g/mol. The van der Waals surface area contributed by atoms with Gasteiger partial charge in [-0.05, 0) is 24.6 Å². The Morgan fingerprint density at radius 2 is 2.26 bits per heavy atom. The fraction of sp³-hybridized carbons (Fsp3) is 0.562. The number of ether oxygens (including phenoxy) is 3. The average Bonchev–Trinajstić information content (AvgIpc) is 2.54. The third-order valence-corrected chi connectivity index (χ3v) is 3.45. The van der Waals surface area contributed by atoms with E-state index in [-0.39, 0.29) is 24.4 Å². The molecule has 1 fully saturated rings. The summed E-state index contributed by atoms with van der Waals surface area (Å²) in [7, 11) is 1.61. The molecule has 0 aliphatic carbocycles. The minimum Gasteiger partial charge on any atom is -0.493 e. The summed E-state index contributed by atoms with van der Waals surface area (Å²) >= 11 is 0. The number of amides is 1. The van der Waals surface area contributed by atoms with Crippen molar-refractivity contribution < 1.29 is 19.0 Å². The Morgan fingerprint density at radius 3 is 2.91 bits per heavy atom. The van der Waals surface area contributed by atoms with Gasteiger partial charge in [-0.25, -0.2) is 0 Å². The first kappa shape index (κ1) is 19.5. The van der Waals surface area contributed by atoms with Gasteiger partial charge in [0.25, 0.3) is 0 Å². The molecule has 1 unspecified atom stereocenters. The topological polar surface area (TPSA) is 68.8 Å². The highest BCUT2D eigenvalue weighted by Crippen LogP contribution is 2.27. The predicted molar refractivity (Wildman–Crippen MR) is 90.5 cm³/mol. The Labute approximate surface area is 143 Å². The van der Waals surface area contributed by atoms with Gasteiger partial charge in [-0.1, -0.05) is 6.07 Å². The number of hydrogen-bond donors (Lipinski definition) is 2. The molecule has 1 amide bonds. The Bertz CT molecular complexity index is 493. The molecule has 6 nitrogen and oxygen atoms in total. The number of methoxy groups -OCH3 is 1. The molecule has 0 radical (unpaired) electrons. The van der Waals surface area contributed by atoms with Crippen molar-refractivity contribution in [3.63, 3.8) is 0 Å². The van der Waals surface area contributed by atoms with Crippen LogP contribution >= 0.6 is 12.4 Å². The molecular weight excluding hydrogens is 320 g/mol. The van der Waals surface area contributed by atoms with E-state index in [2.05, 4.69) is 10.6 Å². The van der Waals surface area contributed by atoms with Crippen LogP contribution in [0.15, 0.2) is 18.2 Å². The van der Waals surface area contributed by atoms with Gasteiger partial charge in [-0.2, -0.15) is 0 Å². The van der Waals surface area contributed by atoms with E-state index >= 15 is 0 Å². The quantitative estimate of drug-likeness (QED) is 0.784. The fourth-order valence-corrected chi connectivity index (χ4v) is 2.35. The molecule has 1 aliphatic rings. The van der Waals surface area contributed by atoms with Crippen LogP contribution in [0, 0.1) is 0 Å². The van der Waals surface area contributed by atoms with Crippen LogP contribution in [-0.2, 0) is 16.1 Å². The minimum absolute atomic E-state index is 0. The molecule has 7 heteroatoms. The number of benzene rings is 1. The highest BCUT2D eigenvalue weighted by Gasteiger charge is 2.16. The lowest BCUT2D eigenvalue weighted by molar-refractivity contribution is -0.122. The van der Waals surface area contributed by atoms with Crippen LogP contribution < -0.4 is 20.1 Å². The normalized spacial score (nSPS) is 17.0. The summed E-state index contributed by atoms with van der Waals surface area (Å²) in [5.41, 5.74) is 0.977. The second-order valence-electron chi connectivity index (χ2n) is 5.13. The molecule has 0 aromatic heterocycles. The van der Waals surface area contributed by atoms with Crippen molar-refractivity contribution in [1.29, 1.82) is 0 Å². The Hall–Kier alpha value is -1.50. The molecule has 2 rings (SSSR count). The highest BCUT2D eigenvalue weighted by molar-refractivity contribution is 5.85. The number of hydrogen-bond acceptors (Lipinski definition) is 5. The van der Waals surface area contributed by atoms with Crippen molar-refractivity contribution in [1.82, 2.24) is 10.6 Å². The van der Waals surface area contributed by atoms with Gasteiger partial charge in [-0.15, -0.1) is 12.4 Å². The van der Waals surface area contributed by atoms with E-state index in [0.717, 1.165) is 12.1 Å². The van der Waals surface area contributed by atoms with E-state index < -0.39 is 0 Å². The van der Waals surface area contributed by atoms with E-state index in [0.29, 0.717) is 44.3 Å². The maximum Gasteiger partial charge on any atom is 0.221 e. The first-order valence-electron chi connectivity index (χ1n) is 7.60. The summed E-state index contributed by atoms with van der Waals surface area (Å²) in [6.45, 7) is 5.06. The van der Waals surface area contributed by atoms with Gasteiger partial charge in [0.1, 0.15) is 0 Å². The Kier molecular flexibility index (Phi) is 8.76. The summed E-state index contributed by atoms with van der Waals surface area (Å²) in [6, 6.07) is 5.76. The second kappa shape index (κ2) is 10.3. The molecule has 0 spiro atoms. The van der Waals surface area contributed by atoms with Crippen molar-refractivity contribution >= 4 is 18.3 Å². The van der Waals surface area contributed by atoms with Crippen LogP contribution in [0.4, 0.5) is 0 Å². The first-order chi connectivity index (χ1) is 10.7. The zero-order valence-corrected chi connectivity index (χ0v) is 14.4. The molecule has 1 aliphatic heterocycles. The van der Waals surface area contributed by atoms with Gasteiger partial charge in [0, 0.05) is 25.6 Å². The lowest BCUT2D eigenvalue weighted by Crippen LogP contribution is -2.44. The van der Waals surface area contributed by atoms with Crippen molar-refractivity contribution in [3.05, 3.63) is 23.8 Å². The number of rotatable bonds is 7. The summed E-state index contributed by atoms with van der Waals surface area (Å²) in [5.74, 6) is 1.40. The minimum atomic E-state index is 0. The molecule has 0 bridgehead atoms. The predicted octanol–water partition coefficient (Wildman–Crippen LogP) is 1.51. The van der Waals surface area contributed by atoms with Gasteiger partial charge in [0.15, 0.2) is 11.5 Å². The van der Waals surface area contributed by atoms with E-state index in [4.69, 9.17) is 14.2 Å². The molecule has 23 heavy (non-hydrogen) atoms. The number of carbonyl (C=O) groups excluding carboxylic acids is 1. The first-order valence-corrected chi connectivity index (χ1v) is 7.60. The van der Waals surface area contributed by atoms with E-state index in [9.17, 15) is 4.79 Å². The molecule has 1 aromatic carbocycles. The van der Waals surface area contributed by atoms with Crippen LogP contribution in [0.5, 0.6) is 11.5 Å². The van der Waals surface area contributed by atoms with Gasteiger partial charge in [-0.3, -0.25) is 4.79 Å². The fourth-order valence-electron chi connectivity index (χ4n) is 2.35. The number of morpholine rings is 1. The third kappa shape index (κ3) is 6.25. The van der Waals surface area contributed by atoms with Crippen LogP contribution in [0.1, 0.15) is 18.9 Å². The largest absolute Gasteiger partial charge is 0.493 e. The Morgan fingerprint density at radius 1 is 1.43 bits per heavy atom. The van der Waals surface area contributed by atoms with Crippen molar-refractivity contribution in [2.75, 3.05) is 33.5 Å². The van der Waals surface area contributed by atoms with Gasteiger partial charge in [0.05, 0.1) is 26.9 Å². The standard InChI is InChI=1S/C16H24N2O4.ClH/c1-3-22-15-8-12(4-5-14(15)20-2)10-18-16(19)9-13-11-21-7-6-17-13;/h4-5,8,13,17H,3,6-7,9-11H2,1-2H3,(H,18,19);1H. The van der Waals surface area contributed by atoms with Crippen molar-refractivity contribution in [2.24, 2.45) is 0 Å². The van der Waals surface area contributed by atoms with E-state index in [1.54, 1.807) is 7.11 Å². The third-order valence-electron chi connectivity index (χ3n) is 3.45. The zero-order valence-electron chi connectivity index (χ0n) is 13.6. The average molecular weight is 345 g/mol. The second-order valence-corrected chi connectivity index (χ2v) is 5.13. The van der Waals surface area contributed by atoms with Crippen LogP contribution in [0.3, 0.4) is 0 Å². The van der Waals surface area contributed by atoms with Gasteiger partial charge in [0.2, 0.25) is 5.91 Å². The lowest BCUT2D eigenvalue weighted by Gasteiger charge is -2.23. The summed E-state index contributed by atoms with van der Waals surface area (Å²) in [6.07, 6.45) is 0.425. The maximum absolute atomic E-state index is 12.0. The molecule has 0 saturated carbocycles. The molecular formula is C16H25ClN2O4. The Balaban J connectivity index is 0.00000264. The molecule has 1 atom stereocenters. The van der Waals surface area contributed by atoms with Crippen LogP contribution in [0.25, 0.3) is 0 Å². The van der Waals surface area contributed by atoms with Crippen LogP contribution in [-0.4, -0.2) is 45.4 Å². The summed E-state index contributed by atoms with van der Waals surface area (Å²) in [5, 5.41) is 6.19. The number of nitrogens with one attached hydrogen (secondary N) is 2.